The molecular weight excluding hydrogens is 342 g/mol. The number of aryl methyl sites for hydroxylation is 1. The molecule has 0 unspecified atom stereocenters. The largest absolute Gasteiger partial charge is 0.850 e. The van der Waals surface area contributed by atoms with Gasteiger partial charge in [-0.3, -0.25) is 13.9 Å². The van der Waals surface area contributed by atoms with E-state index < -0.39 is 0 Å². The van der Waals surface area contributed by atoms with Gasteiger partial charge < -0.3 is 14.6 Å². The van der Waals surface area contributed by atoms with Gasteiger partial charge in [0.05, 0.1) is 27.7 Å². The van der Waals surface area contributed by atoms with Crippen LogP contribution in [0, 0.1) is 0 Å². The van der Waals surface area contributed by atoms with E-state index in [1.54, 1.807) is 7.05 Å². The number of aromatic amines is 1. The number of hydrogen-bond donors (Lipinski definition) is 1. The number of nitrogens with zero attached hydrogens (tertiary/aromatic N) is 4. The Balaban J connectivity index is 0.000000270. The molecule has 0 aromatic carbocycles. The van der Waals surface area contributed by atoms with Gasteiger partial charge in [-0.25, -0.2) is 9.78 Å². The van der Waals surface area contributed by atoms with Crippen molar-refractivity contribution in [3.63, 3.8) is 0 Å². The molecule has 0 aliphatic heterocycles. The van der Waals surface area contributed by atoms with E-state index in [0.717, 1.165) is 15.6 Å². The van der Waals surface area contributed by atoms with E-state index in [1.807, 2.05) is 21.1 Å². The molecule has 0 aliphatic carbocycles. The Bertz CT molecular complexity index is 738. The van der Waals surface area contributed by atoms with E-state index in [-0.39, 0.29) is 17.9 Å². The first-order valence-corrected chi connectivity index (χ1v) is 7.07. The number of likely N-dealkylation sites (N-methyl/N-ethyl adjacent to an activating group) is 1. The number of fused-ring (bicyclic) bond motifs is 1. The number of hydrogen-bond acceptors (Lipinski definition) is 4. The third kappa shape index (κ3) is 4.26. The normalized spacial score (nSPS) is 11.4. The SMILES string of the molecule is C[N+](C)(C)CC[O-].Cn1c(=O)c2[nH]c(Br)nc2n(C)c1=O. The Morgan fingerprint density at radius 1 is 1.24 bits per heavy atom. The Hall–Kier alpha value is -1.45. The van der Waals surface area contributed by atoms with E-state index >= 15 is 0 Å². The zero-order chi connectivity index (χ0) is 16.4. The lowest BCUT2D eigenvalue weighted by Gasteiger charge is -2.25. The first-order chi connectivity index (χ1) is 9.58. The van der Waals surface area contributed by atoms with Gasteiger partial charge in [0.1, 0.15) is 0 Å². The van der Waals surface area contributed by atoms with Crippen molar-refractivity contribution in [2.45, 2.75) is 0 Å². The van der Waals surface area contributed by atoms with Crippen LogP contribution in [0.2, 0.25) is 0 Å². The highest BCUT2D eigenvalue weighted by Gasteiger charge is 2.11. The predicted octanol–water partition coefficient (Wildman–Crippen LogP) is -1.22. The van der Waals surface area contributed by atoms with Crippen LogP contribution >= 0.6 is 15.9 Å². The summed E-state index contributed by atoms with van der Waals surface area (Å²) in [5.74, 6) is 0. The third-order valence-electron chi connectivity index (χ3n) is 2.83. The van der Waals surface area contributed by atoms with Crippen LogP contribution in [-0.2, 0) is 14.1 Å². The number of quaternary nitrogens is 1. The number of H-pyrrole nitrogens is 1. The quantitative estimate of drug-likeness (QED) is 0.535. The molecule has 0 fully saturated rings. The fraction of sp³-hybridized carbons (Fsp3) is 0.583. The van der Waals surface area contributed by atoms with Crippen molar-refractivity contribution < 1.29 is 9.59 Å². The topological polar surface area (TPSA) is 95.7 Å². The van der Waals surface area contributed by atoms with E-state index in [2.05, 4.69) is 25.9 Å². The Morgan fingerprint density at radius 2 is 1.81 bits per heavy atom. The molecule has 2 aromatic rings. The molecule has 9 heteroatoms. The zero-order valence-corrected chi connectivity index (χ0v) is 14.4. The van der Waals surface area contributed by atoms with Crippen LogP contribution in [-0.4, -0.2) is 57.9 Å². The van der Waals surface area contributed by atoms with Crippen molar-refractivity contribution in [2.24, 2.45) is 14.1 Å². The third-order valence-corrected chi connectivity index (χ3v) is 3.20. The summed E-state index contributed by atoms with van der Waals surface area (Å²) in [7, 11) is 9.03. The second-order valence-corrected chi connectivity index (χ2v) is 6.40. The van der Waals surface area contributed by atoms with E-state index in [4.69, 9.17) is 0 Å². The number of nitrogens with one attached hydrogen (secondary N) is 1. The molecule has 0 radical (unpaired) electrons. The Labute approximate surface area is 130 Å². The van der Waals surface area contributed by atoms with Crippen molar-refractivity contribution in [1.82, 2.24) is 19.1 Å². The number of rotatable bonds is 2. The molecular formula is C12H20BrN5O3. The lowest BCUT2D eigenvalue weighted by atomic mass is 10.5. The molecule has 2 heterocycles. The van der Waals surface area contributed by atoms with Crippen LogP contribution in [0.1, 0.15) is 0 Å². The van der Waals surface area contributed by atoms with Crippen molar-refractivity contribution >= 4 is 27.1 Å². The van der Waals surface area contributed by atoms with Crippen LogP contribution in [0.25, 0.3) is 11.2 Å². The minimum atomic E-state index is -0.387. The summed E-state index contributed by atoms with van der Waals surface area (Å²) in [5.41, 5.74) is -0.0887. The van der Waals surface area contributed by atoms with Gasteiger partial charge in [0.2, 0.25) is 0 Å². The Kier molecular flexibility index (Phi) is 5.48. The van der Waals surface area contributed by atoms with Crippen molar-refractivity contribution in [3.8, 4) is 0 Å². The highest BCUT2D eigenvalue weighted by atomic mass is 79.9. The lowest BCUT2D eigenvalue weighted by Crippen LogP contribution is -2.39. The molecule has 2 aromatic heterocycles. The van der Waals surface area contributed by atoms with E-state index in [9.17, 15) is 14.7 Å². The van der Waals surface area contributed by atoms with Gasteiger partial charge in [-0.15, -0.1) is 0 Å². The second-order valence-electron chi connectivity index (χ2n) is 5.65. The summed E-state index contributed by atoms with van der Waals surface area (Å²) >= 11 is 3.11. The molecule has 0 spiro atoms. The van der Waals surface area contributed by atoms with Crippen molar-refractivity contribution in [2.75, 3.05) is 34.3 Å². The van der Waals surface area contributed by atoms with Crippen molar-refractivity contribution in [1.29, 1.82) is 0 Å². The van der Waals surface area contributed by atoms with Crippen LogP contribution < -0.4 is 16.4 Å². The van der Waals surface area contributed by atoms with Gasteiger partial charge >= 0.3 is 5.69 Å². The summed E-state index contributed by atoms with van der Waals surface area (Å²) in [5, 5.41) is 9.93. The van der Waals surface area contributed by atoms with E-state index in [0.29, 0.717) is 15.9 Å². The highest BCUT2D eigenvalue weighted by Crippen LogP contribution is 2.08. The maximum Gasteiger partial charge on any atom is 0.332 e. The summed E-state index contributed by atoms with van der Waals surface area (Å²) in [6.07, 6.45) is 0. The fourth-order valence-corrected chi connectivity index (χ4v) is 1.94. The Morgan fingerprint density at radius 3 is 2.24 bits per heavy atom. The molecule has 8 nitrogen and oxygen atoms in total. The molecule has 0 aliphatic rings. The maximum absolute atomic E-state index is 11.6. The van der Waals surface area contributed by atoms with Gasteiger partial charge in [-0.1, -0.05) is 6.61 Å². The molecule has 118 valence electrons. The summed E-state index contributed by atoms with van der Waals surface area (Å²) in [4.78, 5) is 29.8. The van der Waals surface area contributed by atoms with Crippen LogP contribution in [0.4, 0.5) is 0 Å². The number of aromatic nitrogens is 4. The monoisotopic (exact) mass is 361 g/mol. The minimum absolute atomic E-state index is 0.0312. The smallest absolute Gasteiger partial charge is 0.332 e. The predicted molar refractivity (Wildman–Crippen MR) is 82.0 cm³/mol. The van der Waals surface area contributed by atoms with Crippen LogP contribution in [0.5, 0.6) is 0 Å². The number of halogens is 1. The van der Waals surface area contributed by atoms with Gasteiger partial charge in [0.15, 0.2) is 15.9 Å². The van der Waals surface area contributed by atoms with Gasteiger partial charge in [0, 0.05) is 14.1 Å². The zero-order valence-electron chi connectivity index (χ0n) is 12.8. The van der Waals surface area contributed by atoms with E-state index in [1.165, 1.54) is 11.6 Å². The molecule has 1 N–H and O–H groups in total. The summed E-state index contributed by atoms with van der Waals surface area (Å²) in [6.45, 7) is 0.753. The van der Waals surface area contributed by atoms with Crippen molar-refractivity contribution in [3.05, 3.63) is 25.6 Å². The molecule has 21 heavy (non-hydrogen) atoms. The molecule has 0 atom stereocenters. The van der Waals surface area contributed by atoms with Gasteiger partial charge in [-0.2, -0.15) is 0 Å². The average Bonchev–Trinajstić information content (AvgIpc) is 2.75. The standard InChI is InChI=1S/C7H7BrN4O2.C5H13NO/c1-11-4-3(9-6(8)10-4)5(13)12(2)7(11)14;1-6(2,3)4-5-7/h1-2H3,(H,9,10);4-5H2,1-3H3. The molecule has 0 bridgehead atoms. The molecule has 0 saturated heterocycles. The van der Waals surface area contributed by atoms with Gasteiger partial charge in [-0.05, 0) is 15.9 Å². The summed E-state index contributed by atoms with van der Waals surface area (Å²) < 4.78 is 3.57. The average molecular weight is 362 g/mol. The molecule has 0 amide bonds. The first kappa shape index (κ1) is 17.6. The van der Waals surface area contributed by atoms with Gasteiger partial charge in [0.25, 0.3) is 5.56 Å². The molecule has 2 rings (SSSR count). The lowest BCUT2D eigenvalue weighted by molar-refractivity contribution is -0.875. The maximum atomic E-state index is 11.6. The second kappa shape index (κ2) is 6.54. The fourth-order valence-electron chi connectivity index (χ4n) is 1.57. The summed E-state index contributed by atoms with van der Waals surface area (Å²) in [6, 6.07) is 0. The number of imidazole rings is 1. The minimum Gasteiger partial charge on any atom is -0.850 e. The van der Waals surface area contributed by atoms with Crippen LogP contribution in [0.3, 0.4) is 0 Å². The molecule has 0 saturated carbocycles. The van der Waals surface area contributed by atoms with Crippen LogP contribution in [0.15, 0.2) is 14.3 Å². The highest BCUT2D eigenvalue weighted by molar-refractivity contribution is 9.10. The first-order valence-electron chi connectivity index (χ1n) is 6.28.